The maximum atomic E-state index is 5.61. The van der Waals surface area contributed by atoms with Crippen molar-refractivity contribution in [3.05, 3.63) is 75.8 Å². The maximum absolute atomic E-state index is 5.61. The number of hydrogen-bond acceptors (Lipinski definition) is 5. The number of halogens is 1. The normalized spacial score (nSPS) is 13.2. The van der Waals surface area contributed by atoms with E-state index >= 15 is 0 Å². The van der Waals surface area contributed by atoms with Gasteiger partial charge in [-0.05, 0) is 18.2 Å². The zero-order valence-electron chi connectivity index (χ0n) is 14.6. The Labute approximate surface area is 160 Å². The standard InChI is InChI=1S/C19H18BrN5O/c1-24(2)26-12-18-23-22-17-11-21-19(13-6-4-3-5-7-13)15-10-14(20)8-9-16(15)25(17)18/h3-10H,11-12H2,1-2H3. The SMILES string of the molecule is CN(C)OCc1nnc2n1-c1ccc(Br)cc1C(c1ccccc1)=NC2. The van der Waals surface area contributed by atoms with Crippen LogP contribution in [0.15, 0.2) is 58.0 Å². The van der Waals surface area contributed by atoms with Crippen LogP contribution in [0.2, 0.25) is 0 Å². The molecular formula is C19H18BrN5O. The van der Waals surface area contributed by atoms with Crippen molar-refractivity contribution in [2.24, 2.45) is 4.99 Å². The van der Waals surface area contributed by atoms with Crippen LogP contribution in [-0.2, 0) is 18.0 Å². The number of aliphatic imine (C=N–C) groups is 1. The van der Waals surface area contributed by atoms with Crippen LogP contribution in [0.25, 0.3) is 5.69 Å². The van der Waals surface area contributed by atoms with Crippen molar-refractivity contribution in [3.8, 4) is 5.69 Å². The Hall–Kier alpha value is -2.35. The lowest BCUT2D eigenvalue weighted by molar-refractivity contribution is -0.133. The van der Waals surface area contributed by atoms with Gasteiger partial charge < -0.3 is 0 Å². The van der Waals surface area contributed by atoms with E-state index < -0.39 is 0 Å². The van der Waals surface area contributed by atoms with Gasteiger partial charge in [-0.25, -0.2) is 0 Å². The van der Waals surface area contributed by atoms with E-state index in [1.165, 1.54) is 0 Å². The van der Waals surface area contributed by atoms with Crippen molar-refractivity contribution in [3.63, 3.8) is 0 Å². The Morgan fingerprint density at radius 3 is 2.69 bits per heavy atom. The minimum Gasteiger partial charge on any atom is -0.291 e. The van der Waals surface area contributed by atoms with Crippen molar-refractivity contribution in [2.45, 2.75) is 13.2 Å². The van der Waals surface area contributed by atoms with E-state index in [-0.39, 0.29) is 0 Å². The summed E-state index contributed by atoms with van der Waals surface area (Å²) in [5, 5.41) is 10.3. The number of nitrogens with zero attached hydrogens (tertiary/aromatic N) is 5. The van der Waals surface area contributed by atoms with Crippen LogP contribution in [-0.4, -0.2) is 39.6 Å². The number of rotatable bonds is 4. The summed E-state index contributed by atoms with van der Waals surface area (Å²) < 4.78 is 3.05. The predicted octanol–water partition coefficient (Wildman–Crippen LogP) is 3.37. The topological polar surface area (TPSA) is 55.5 Å². The quantitative estimate of drug-likeness (QED) is 0.617. The molecule has 0 saturated carbocycles. The third kappa shape index (κ3) is 3.21. The summed E-state index contributed by atoms with van der Waals surface area (Å²) in [5.41, 5.74) is 4.07. The number of hydrogen-bond donors (Lipinski definition) is 0. The third-order valence-corrected chi connectivity index (χ3v) is 4.62. The Kier molecular flexibility index (Phi) is 4.67. The number of hydroxylamine groups is 2. The first-order chi connectivity index (χ1) is 12.6. The molecule has 0 spiro atoms. The molecule has 0 fully saturated rings. The second kappa shape index (κ2) is 7.11. The van der Waals surface area contributed by atoms with Crippen LogP contribution in [0, 0.1) is 0 Å². The molecule has 1 aliphatic heterocycles. The lowest BCUT2D eigenvalue weighted by Gasteiger charge is -2.15. The average Bonchev–Trinajstić information content (AvgIpc) is 2.97. The molecule has 7 heteroatoms. The Morgan fingerprint density at radius 1 is 1.12 bits per heavy atom. The molecule has 1 aliphatic rings. The lowest BCUT2D eigenvalue weighted by atomic mass is 10.0. The third-order valence-electron chi connectivity index (χ3n) is 4.13. The number of fused-ring (bicyclic) bond motifs is 3. The fourth-order valence-corrected chi connectivity index (χ4v) is 3.35. The molecule has 4 rings (SSSR count). The minimum atomic E-state index is 0.343. The first-order valence-corrected chi connectivity index (χ1v) is 9.06. The van der Waals surface area contributed by atoms with Gasteiger partial charge in [0.1, 0.15) is 13.2 Å². The molecule has 1 aromatic heterocycles. The van der Waals surface area contributed by atoms with E-state index in [0.29, 0.717) is 13.2 Å². The van der Waals surface area contributed by atoms with Crippen LogP contribution >= 0.6 is 15.9 Å². The molecule has 3 aromatic rings. The molecule has 0 saturated heterocycles. The van der Waals surface area contributed by atoms with Gasteiger partial charge in [0, 0.05) is 29.7 Å². The summed E-state index contributed by atoms with van der Waals surface area (Å²) >= 11 is 3.59. The second-order valence-corrected chi connectivity index (χ2v) is 7.06. The Morgan fingerprint density at radius 2 is 1.92 bits per heavy atom. The van der Waals surface area contributed by atoms with Crippen LogP contribution in [0.1, 0.15) is 22.8 Å². The van der Waals surface area contributed by atoms with Crippen LogP contribution in [0.3, 0.4) is 0 Å². The molecule has 0 aliphatic carbocycles. The van der Waals surface area contributed by atoms with Crippen LogP contribution in [0.4, 0.5) is 0 Å². The summed E-state index contributed by atoms with van der Waals surface area (Å²) in [6.45, 7) is 0.807. The van der Waals surface area contributed by atoms with Crippen molar-refractivity contribution in [1.82, 2.24) is 19.8 Å². The summed E-state index contributed by atoms with van der Waals surface area (Å²) in [7, 11) is 3.70. The van der Waals surface area contributed by atoms with E-state index in [1.807, 2.05) is 42.9 Å². The fourth-order valence-electron chi connectivity index (χ4n) is 2.99. The first-order valence-electron chi connectivity index (χ1n) is 8.27. The molecule has 26 heavy (non-hydrogen) atoms. The highest BCUT2D eigenvalue weighted by molar-refractivity contribution is 9.10. The molecule has 6 nitrogen and oxygen atoms in total. The second-order valence-electron chi connectivity index (χ2n) is 6.15. The molecule has 0 atom stereocenters. The van der Waals surface area contributed by atoms with E-state index in [1.54, 1.807) is 5.06 Å². The van der Waals surface area contributed by atoms with Gasteiger partial charge >= 0.3 is 0 Å². The van der Waals surface area contributed by atoms with Gasteiger partial charge in [0.2, 0.25) is 0 Å². The zero-order valence-corrected chi connectivity index (χ0v) is 16.1. The number of aromatic nitrogens is 3. The molecule has 0 N–H and O–H groups in total. The van der Waals surface area contributed by atoms with E-state index in [4.69, 9.17) is 9.83 Å². The smallest absolute Gasteiger partial charge is 0.165 e. The highest BCUT2D eigenvalue weighted by Crippen LogP contribution is 2.28. The van der Waals surface area contributed by atoms with Gasteiger partial charge in [0.15, 0.2) is 11.6 Å². The molecule has 0 radical (unpaired) electrons. The molecule has 0 bridgehead atoms. The van der Waals surface area contributed by atoms with Crippen LogP contribution in [0.5, 0.6) is 0 Å². The highest BCUT2D eigenvalue weighted by atomic mass is 79.9. The first kappa shape index (κ1) is 17.1. The summed E-state index contributed by atoms with van der Waals surface area (Å²) in [4.78, 5) is 10.5. The van der Waals surface area contributed by atoms with Crippen molar-refractivity contribution >= 4 is 21.6 Å². The maximum Gasteiger partial charge on any atom is 0.165 e. The molecule has 132 valence electrons. The van der Waals surface area contributed by atoms with Gasteiger partial charge in [-0.1, -0.05) is 46.3 Å². The van der Waals surface area contributed by atoms with E-state index in [9.17, 15) is 0 Å². The molecule has 0 amide bonds. The average molecular weight is 412 g/mol. The summed E-state index contributed by atoms with van der Waals surface area (Å²) in [6.07, 6.45) is 0. The van der Waals surface area contributed by atoms with Gasteiger partial charge in [-0.2, -0.15) is 5.06 Å². The van der Waals surface area contributed by atoms with Crippen molar-refractivity contribution < 1.29 is 4.84 Å². The van der Waals surface area contributed by atoms with Crippen LogP contribution < -0.4 is 0 Å². The van der Waals surface area contributed by atoms with Gasteiger partial charge in [-0.15, -0.1) is 10.2 Å². The Bertz CT molecular complexity index is 965. The summed E-state index contributed by atoms with van der Waals surface area (Å²) in [6, 6.07) is 16.4. The Balaban J connectivity index is 1.87. The van der Waals surface area contributed by atoms with Crippen molar-refractivity contribution in [2.75, 3.05) is 14.1 Å². The van der Waals surface area contributed by atoms with Crippen molar-refractivity contribution in [1.29, 1.82) is 0 Å². The number of benzene rings is 2. The molecule has 0 unspecified atom stereocenters. The van der Waals surface area contributed by atoms with Gasteiger partial charge in [0.25, 0.3) is 0 Å². The largest absolute Gasteiger partial charge is 0.291 e. The predicted molar refractivity (Wildman–Crippen MR) is 103 cm³/mol. The van der Waals surface area contributed by atoms with E-state index in [0.717, 1.165) is 38.6 Å². The minimum absolute atomic E-state index is 0.343. The molecule has 2 aromatic carbocycles. The molecular weight excluding hydrogens is 394 g/mol. The monoisotopic (exact) mass is 411 g/mol. The fraction of sp³-hybridized carbons (Fsp3) is 0.211. The summed E-state index contributed by atoms with van der Waals surface area (Å²) in [5.74, 6) is 1.55. The van der Waals surface area contributed by atoms with Gasteiger partial charge in [0.05, 0.1) is 11.4 Å². The lowest BCUT2D eigenvalue weighted by Crippen LogP contribution is -2.15. The molecule has 2 heterocycles. The zero-order chi connectivity index (χ0) is 18.1. The van der Waals surface area contributed by atoms with Gasteiger partial charge in [-0.3, -0.25) is 14.4 Å². The van der Waals surface area contributed by atoms with E-state index in [2.05, 4.69) is 50.4 Å². The highest BCUT2D eigenvalue weighted by Gasteiger charge is 2.23.